The number of piperidine rings is 1. The van der Waals surface area contributed by atoms with Crippen LogP contribution in [0.5, 0.6) is 0 Å². The van der Waals surface area contributed by atoms with Crippen LogP contribution in [-0.2, 0) is 21.2 Å². The number of nitrogens with one attached hydrogen (secondary N) is 2. The summed E-state index contributed by atoms with van der Waals surface area (Å²) in [4.78, 5) is 26.7. The van der Waals surface area contributed by atoms with Gasteiger partial charge in [0.05, 0.1) is 11.6 Å². The van der Waals surface area contributed by atoms with Crippen LogP contribution in [0.4, 0.5) is 18.9 Å². The molecule has 34 heavy (non-hydrogen) atoms. The fourth-order valence-electron chi connectivity index (χ4n) is 5.28. The van der Waals surface area contributed by atoms with Crippen LogP contribution in [0.25, 0.3) is 0 Å². The number of amides is 2. The summed E-state index contributed by atoms with van der Waals surface area (Å²) in [6, 6.07) is 15.2. The zero-order valence-electron chi connectivity index (χ0n) is 17.4. The van der Waals surface area contributed by atoms with E-state index in [4.69, 9.17) is 23.2 Å². The monoisotopic (exact) mass is 504 g/mol. The molecule has 1 saturated heterocycles. The Bertz CT molecular complexity index is 1330. The molecule has 4 nitrogen and oxygen atoms in total. The first-order valence-electron chi connectivity index (χ1n) is 10.4. The number of rotatable bonds is 2. The van der Waals surface area contributed by atoms with Crippen LogP contribution in [-0.4, -0.2) is 11.8 Å². The third-order valence-corrected chi connectivity index (χ3v) is 7.05. The van der Waals surface area contributed by atoms with Gasteiger partial charge in [-0.25, -0.2) is 0 Å². The van der Waals surface area contributed by atoms with Gasteiger partial charge in [-0.3, -0.25) is 9.59 Å². The molecular weight excluding hydrogens is 488 g/mol. The Labute approximate surface area is 203 Å². The molecule has 2 aliphatic rings. The molecule has 1 fully saturated rings. The first-order chi connectivity index (χ1) is 16.1. The summed E-state index contributed by atoms with van der Waals surface area (Å²) in [5, 5.41) is 6.26. The molecule has 3 atom stereocenters. The third kappa shape index (κ3) is 3.46. The maximum atomic E-state index is 14.0. The number of fused-ring (bicyclic) bond motifs is 2. The Balaban J connectivity index is 1.84. The van der Waals surface area contributed by atoms with E-state index >= 15 is 0 Å². The van der Waals surface area contributed by atoms with Crippen molar-refractivity contribution in [2.24, 2.45) is 0 Å². The SMILES string of the molecule is O=C1C[C@@H](c2cccc(Cl)c2)[C@]2(C(=O)Nc3cc(Cl)ccc32)[C@@H](c2ccccc2C(F)(F)F)N1. The Morgan fingerprint density at radius 2 is 1.65 bits per heavy atom. The Morgan fingerprint density at radius 3 is 2.38 bits per heavy atom. The Hall–Kier alpha value is -3.03. The number of hydrogen-bond acceptors (Lipinski definition) is 2. The van der Waals surface area contributed by atoms with Crippen LogP contribution in [0, 0.1) is 0 Å². The lowest BCUT2D eigenvalue weighted by Gasteiger charge is -2.47. The van der Waals surface area contributed by atoms with Gasteiger partial charge in [0.1, 0.15) is 5.41 Å². The fourth-order valence-corrected chi connectivity index (χ4v) is 5.65. The molecule has 9 heteroatoms. The normalized spacial score (nSPS) is 24.0. The van der Waals surface area contributed by atoms with Crippen LogP contribution in [0.3, 0.4) is 0 Å². The first kappa shape index (κ1) is 22.7. The molecule has 0 unspecified atom stereocenters. The minimum Gasteiger partial charge on any atom is -0.348 e. The van der Waals surface area contributed by atoms with Gasteiger partial charge in [0.25, 0.3) is 0 Å². The van der Waals surface area contributed by atoms with Crippen LogP contribution < -0.4 is 10.6 Å². The molecule has 3 aromatic rings. The topological polar surface area (TPSA) is 58.2 Å². The number of carbonyl (C=O) groups is 2. The van der Waals surface area contributed by atoms with Crippen molar-refractivity contribution in [3.8, 4) is 0 Å². The predicted octanol–water partition coefficient (Wildman–Crippen LogP) is 6.25. The number of benzene rings is 3. The highest BCUT2D eigenvalue weighted by molar-refractivity contribution is 6.31. The lowest BCUT2D eigenvalue weighted by Crippen LogP contribution is -2.57. The second-order valence-electron chi connectivity index (χ2n) is 8.41. The zero-order chi connectivity index (χ0) is 24.3. The van der Waals surface area contributed by atoms with Gasteiger partial charge in [-0.05, 0) is 47.0 Å². The number of halogens is 5. The lowest BCUT2D eigenvalue weighted by atomic mass is 9.59. The van der Waals surface area contributed by atoms with Crippen molar-refractivity contribution in [2.45, 2.75) is 30.0 Å². The van der Waals surface area contributed by atoms with Crippen molar-refractivity contribution in [2.75, 3.05) is 5.32 Å². The molecule has 174 valence electrons. The van der Waals surface area contributed by atoms with Crippen LogP contribution in [0.1, 0.15) is 40.6 Å². The maximum Gasteiger partial charge on any atom is 0.416 e. The molecule has 2 amide bonds. The first-order valence-corrected chi connectivity index (χ1v) is 11.2. The van der Waals surface area contributed by atoms with E-state index in [2.05, 4.69) is 10.6 Å². The molecule has 2 N–H and O–H groups in total. The Morgan fingerprint density at radius 1 is 0.912 bits per heavy atom. The molecule has 0 aliphatic carbocycles. The van der Waals surface area contributed by atoms with E-state index in [0.29, 0.717) is 26.9 Å². The fraction of sp³-hybridized carbons (Fsp3) is 0.200. The van der Waals surface area contributed by atoms with E-state index < -0.39 is 40.9 Å². The number of anilines is 1. The molecule has 0 bridgehead atoms. The summed E-state index contributed by atoms with van der Waals surface area (Å²) in [5.74, 6) is -1.77. The molecule has 5 rings (SSSR count). The van der Waals surface area contributed by atoms with Crippen molar-refractivity contribution in [1.82, 2.24) is 5.32 Å². The third-order valence-electron chi connectivity index (χ3n) is 6.58. The van der Waals surface area contributed by atoms with E-state index in [0.717, 1.165) is 6.07 Å². The van der Waals surface area contributed by atoms with E-state index in [1.54, 1.807) is 42.5 Å². The van der Waals surface area contributed by atoms with Crippen molar-refractivity contribution < 1.29 is 22.8 Å². The summed E-state index contributed by atoms with van der Waals surface area (Å²) in [7, 11) is 0. The minimum atomic E-state index is -4.69. The van der Waals surface area contributed by atoms with Crippen LogP contribution in [0.2, 0.25) is 10.0 Å². The van der Waals surface area contributed by atoms with Gasteiger partial charge in [-0.15, -0.1) is 0 Å². The molecule has 3 aromatic carbocycles. The second kappa shape index (κ2) is 8.03. The molecular formula is C25H17Cl2F3N2O2. The van der Waals surface area contributed by atoms with E-state index in [-0.39, 0.29) is 12.0 Å². The zero-order valence-corrected chi connectivity index (χ0v) is 18.9. The largest absolute Gasteiger partial charge is 0.416 e. The second-order valence-corrected chi connectivity index (χ2v) is 9.28. The summed E-state index contributed by atoms with van der Waals surface area (Å²) in [6.45, 7) is 0. The highest BCUT2D eigenvalue weighted by atomic mass is 35.5. The number of carbonyl (C=O) groups excluding carboxylic acids is 2. The van der Waals surface area contributed by atoms with Gasteiger partial charge < -0.3 is 10.6 Å². The van der Waals surface area contributed by atoms with Crippen molar-refractivity contribution in [3.63, 3.8) is 0 Å². The summed E-state index contributed by atoms with van der Waals surface area (Å²) in [5.41, 5.74) is -1.23. The standard InChI is InChI=1S/C25H17Cl2F3N2O2/c26-14-5-3-4-13(10-14)19-12-21(33)32-22(16-6-1-2-7-17(16)25(28,29)30)24(19)18-9-8-15(27)11-20(18)31-23(24)34/h1-11,19,22H,12H2,(H,31,34)(H,32,33)/t19-,22+,24-/m0/s1. The van der Waals surface area contributed by atoms with Crippen molar-refractivity contribution in [1.29, 1.82) is 0 Å². The van der Waals surface area contributed by atoms with Gasteiger partial charge in [0, 0.05) is 28.1 Å². The summed E-state index contributed by atoms with van der Waals surface area (Å²) >= 11 is 12.4. The van der Waals surface area contributed by atoms with Crippen molar-refractivity contribution >= 4 is 40.7 Å². The van der Waals surface area contributed by atoms with E-state index in [1.807, 2.05) is 0 Å². The van der Waals surface area contributed by atoms with Gasteiger partial charge in [0.2, 0.25) is 11.8 Å². The van der Waals surface area contributed by atoms with Gasteiger partial charge >= 0.3 is 6.18 Å². The van der Waals surface area contributed by atoms with Crippen LogP contribution in [0.15, 0.2) is 66.7 Å². The molecule has 1 spiro atoms. The predicted molar refractivity (Wildman–Crippen MR) is 123 cm³/mol. The smallest absolute Gasteiger partial charge is 0.348 e. The molecule has 2 heterocycles. The van der Waals surface area contributed by atoms with E-state index in [1.165, 1.54) is 18.2 Å². The van der Waals surface area contributed by atoms with Crippen LogP contribution >= 0.6 is 23.2 Å². The lowest BCUT2D eigenvalue weighted by molar-refractivity contribution is -0.141. The molecule has 2 aliphatic heterocycles. The summed E-state index contributed by atoms with van der Waals surface area (Å²) < 4.78 is 42.1. The minimum absolute atomic E-state index is 0.111. The Kier molecular flexibility index (Phi) is 5.37. The van der Waals surface area contributed by atoms with E-state index in [9.17, 15) is 22.8 Å². The average molecular weight is 505 g/mol. The highest BCUT2D eigenvalue weighted by Gasteiger charge is 2.62. The van der Waals surface area contributed by atoms with Crippen molar-refractivity contribution in [3.05, 3.63) is 99.0 Å². The number of hydrogen-bond donors (Lipinski definition) is 2. The molecule has 0 aromatic heterocycles. The highest BCUT2D eigenvalue weighted by Crippen LogP contribution is 2.58. The molecule has 0 saturated carbocycles. The molecule has 0 radical (unpaired) electrons. The van der Waals surface area contributed by atoms with Gasteiger partial charge in [-0.1, -0.05) is 59.6 Å². The van der Waals surface area contributed by atoms with Gasteiger partial charge in [-0.2, -0.15) is 13.2 Å². The summed E-state index contributed by atoms with van der Waals surface area (Å²) in [6.07, 6.45) is -4.80. The maximum absolute atomic E-state index is 14.0. The number of alkyl halides is 3. The van der Waals surface area contributed by atoms with Gasteiger partial charge in [0.15, 0.2) is 0 Å². The quantitative estimate of drug-likeness (QED) is 0.433. The average Bonchev–Trinajstić information content (AvgIpc) is 3.06.